The first-order valence-corrected chi connectivity index (χ1v) is 30.9. The number of carbonyl (C=O) groups is 3. The Morgan fingerprint density at radius 3 is 1.37 bits per heavy atom. The highest BCUT2D eigenvalue weighted by Gasteiger charge is 2.34. The molecule has 84 heavy (non-hydrogen) atoms. The molecule has 2 heterocycles. The average Bonchev–Trinajstić information content (AvgIpc) is 3.74. The van der Waals surface area contributed by atoms with Crippen LogP contribution in [-0.2, 0) is 66.2 Å². The van der Waals surface area contributed by atoms with Crippen molar-refractivity contribution in [3.63, 3.8) is 0 Å². The van der Waals surface area contributed by atoms with E-state index in [0.717, 1.165) is 87.6 Å². The number of methoxy groups -OCH3 is 1. The molecule has 10 heteroatoms. The summed E-state index contributed by atoms with van der Waals surface area (Å²) >= 11 is 0. The lowest BCUT2D eigenvalue weighted by molar-refractivity contribution is -0.145. The van der Waals surface area contributed by atoms with Crippen LogP contribution in [0.25, 0.3) is 6.08 Å². The first-order valence-electron chi connectivity index (χ1n) is 30.9. The van der Waals surface area contributed by atoms with E-state index in [1.807, 2.05) is 77.7 Å². The number of piperazine rings is 2. The molecule has 10 nitrogen and oxygen atoms in total. The van der Waals surface area contributed by atoms with Gasteiger partial charge in [0.05, 0.1) is 13.2 Å². The molecule has 1 N–H and O–H groups in total. The zero-order valence-corrected chi connectivity index (χ0v) is 50.2. The van der Waals surface area contributed by atoms with Crippen molar-refractivity contribution in [2.24, 2.45) is 0 Å². The Balaban J connectivity index is 0.000000228. The van der Waals surface area contributed by atoms with Gasteiger partial charge in [-0.1, -0.05) is 222 Å². The van der Waals surface area contributed by atoms with Crippen molar-refractivity contribution in [2.45, 2.75) is 116 Å². The number of unbranched alkanes of at least 4 members (excludes halogenated alkanes) is 4. The van der Waals surface area contributed by atoms with Crippen molar-refractivity contribution in [1.82, 2.24) is 29.8 Å². The van der Waals surface area contributed by atoms with Crippen LogP contribution in [0, 0.1) is 0 Å². The summed E-state index contributed by atoms with van der Waals surface area (Å²) in [6.45, 7) is 13.6. The van der Waals surface area contributed by atoms with Crippen LogP contribution in [0.4, 0.5) is 0 Å². The minimum Gasteiger partial charge on any atom is -0.497 e. The summed E-state index contributed by atoms with van der Waals surface area (Å²) in [6, 6.07) is 65.7. The molecule has 2 aliphatic heterocycles. The molecule has 3 amide bonds. The van der Waals surface area contributed by atoms with Gasteiger partial charge in [-0.15, -0.1) is 0 Å². The fourth-order valence-corrected chi connectivity index (χ4v) is 11.2. The van der Waals surface area contributed by atoms with Crippen molar-refractivity contribution < 1.29 is 19.1 Å². The van der Waals surface area contributed by atoms with Crippen LogP contribution in [0.3, 0.4) is 0 Å². The van der Waals surface area contributed by atoms with E-state index >= 15 is 0 Å². The Morgan fingerprint density at radius 2 is 0.905 bits per heavy atom. The molecule has 9 rings (SSSR count). The minimum atomic E-state index is -0.648. The number of hydrogen-bond acceptors (Lipinski definition) is 7. The standard InChI is InChI=1S/C42H49N3O3.C32H41N3O/c1-3-4-7-12-34-17-19-38(20-18-34)33-45(41(46)26-23-35-21-24-39(48-2)25-22-35)40(31-36-13-8-5-9-14-36)42(47)44-29-27-43(28-30-44)32-37-15-10-6-11-16-37;1-2-3-6-11-27-16-18-29(19-17-27)25-33-31(24-28-12-7-4-8-13-28)32(36)35-22-20-34(21-23-35)26-30-14-9-5-10-15-30/h5-6,8-11,13-26,40H,3-4,7,12,27-33H2,1-2H3;4-5,7-10,12-19,31,33H,2-3,6,11,20-26H2,1H3/b26-23+;/t40-;31-/m00/s1. The molecule has 7 aromatic rings. The molecule has 7 aromatic carbocycles. The van der Waals surface area contributed by atoms with Crippen LogP contribution in [0.5, 0.6) is 5.75 Å². The third kappa shape index (κ3) is 20.3. The third-order valence-corrected chi connectivity index (χ3v) is 16.3. The zero-order valence-electron chi connectivity index (χ0n) is 50.2. The lowest BCUT2D eigenvalue weighted by atomic mass is 10.0. The van der Waals surface area contributed by atoms with Crippen LogP contribution in [0.15, 0.2) is 200 Å². The molecule has 0 saturated carbocycles. The van der Waals surface area contributed by atoms with E-state index in [1.165, 1.54) is 71.9 Å². The highest BCUT2D eigenvalue weighted by Crippen LogP contribution is 2.22. The summed E-state index contributed by atoms with van der Waals surface area (Å²) in [6.07, 6.45) is 14.1. The molecule has 0 spiro atoms. The van der Waals surface area contributed by atoms with Gasteiger partial charge in [-0.3, -0.25) is 24.2 Å². The van der Waals surface area contributed by atoms with E-state index in [2.05, 4.69) is 161 Å². The summed E-state index contributed by atoms with van der Waals surface area (Å²) in [5.41, 5.74) is 10.7. The second-order valence-electron chi connectivity index (χ2n) is 22.6. The Kier molecular flexibility index (Phi) is 25.4. The van der Waals surface area contributed by atoms with Gasteiger partial charge in [-0.25, -0.2) is 0 Å². The van der Waals surface area contributed by atoms with Gasteiger partial charge in [-0.05, 0) is 100 Å². The molecule has 2 fully saturated rings. The monoisotopic (exact) mass is 1130 g/mol. The largest absolute Gasteiger partial charge is 0.497 e. The predicted octanol–water partition coefficient (Wildman–Crippen LogP) is 12.9. The van der Waals surface area contributed by atoms with Crippen LogP contribution >= 0.6 is 0 Å². The first kappa shape index (κ1) is 62.4. The molecular weight excluding hydrogens is 1040 g/mol. The normalized spacial score (nSPS) is 14.6. The highest BCUT2D eigenvalue weighted by molar-refractivity contribution is 5.96. The number of rotatable bonds is 27. The van der Waals surface area contributed by atoms with Gasteiger partial charge >= 0.3 is 0 Å². The summed E-state index contributed by atoms with van der Waals surface area (Å²) in [4.78, 5) is 53.0. The van der Waals surface area contributed by atoms with Crippen LogP contribution in [-0.4, -0.2) is 114 Å². The first-order chi connectivity index (χ1) is 41.2. The molecule has 440 valence electrons. The van der Waals surface area contributed by atoms with Gasteiger partial charge in [0.2, 0.25) is 17.7 Å². The number of amides is 3. The Bertz CT molecular complexity index is 3020. The predicted molar refractivity (Wildman–Crippen MR) is 343 cm³/mol. The molecule has 2 aliphatic rings. The number of nitrogens with zero attached hydrogens (tertiary/aromatic N) is 5. The highest BCUT2D eigenvalue weighted by atomic mass is 16.5. The van der Waals surface area contributed by atoms with Crippen molar-refractivity contribution in [1.29, 1.82) is 0 Å². The van der Waals surface area contributed by atoms with Crippen LogP contribution in [0.1, 0.15) is 102 Å². The molecule has 0 aliphatic carbocycles. The van der Waals surface area contributed by atoms with Crippen molar-refractivity contribution in [3.8, 4) is 5.75 Å². The molecular formula is C74H90N6O4. The van der Waals surface area contributed by atoms with Gasteiger partial charge < -0.3 is 24.8 Å². The fraction of sp³-hybridized carbons (Fsp3) is 0.365. The lowest BCUT2D eigenvalue weighted by Gasteiger charge is -2.39. The number of hydrogen-bond donors (Lipinski definition) is 1. The van der Waals surface area contributed by atoms with Crippen molar-refractivity contribution in [3.05, 3.63) is 250 Å². The van der Waals surface area contributed by atoms with E-state index in [1.54, 1.807) is 18.1 Å². The van der Waals surface area contributed by atoms with E-state index in [9.17, 15) is 14.4 Å². The van der Waals surface area contributed by atoms with E-state index in [-0.39, 0.29) is 23.8 Å². The fourth-order valence-electron chi connectivity index (χ4n) is 11.2. The summed E-state index contributed by atoms with van der Waals surface area (Å²) in [5, 5.41) is 3.60. The van der Waals surface area contributed by atoms with Gasteiger partial charge in [-0.2, -0.15) is 0 Å². The Hall–Kier alpha value is -7.63. The van der Waals surface area contributed by atoms with E-state index in [0.29, 0.717) is 39.0 Å². The second kappa shape index (κ2) is 34.2. The Labute approximate surface area is 502 Å². The average molecular weight is 1130 g/mol. The zero-order chi connectivity index (χ0) is 58.6. The van der Waals surface area contributed by atoms with Crippen LogP contribution < -0.4 is 10.1 Å². The van der Waals surface area contributed by atoms with Gasteiger partial charge in [0.25, 0.3) is 0 Å². The van der Waals surface area contributed by atoms with E-state index < -0.39 is 6.04 Å². The second-order valence-corrected chi connectivity index (χ2v) is 22.6. The van der Waals surface area contributed by atoms with Crippen LogP contribution in [0.2, 0.25) is 0 Å². The summed E-state index contributed by atoms with van der Waals surface area (Å²) < 4.78 is 5.30. The quantitative estimate of drug-likeness (QED) is 0.0405. The lowest BCUT2D eigenvalue weighted by Crippen LogP contribution is -2.56. The number of nitrogens with one attached hydrogen (secondary N) is 1. The molecule has 0 bridgehead atoms. The molecule has 0 aromatic heterocycles. The van der Waals surface area contributed by atoms with Gasteiger partial charge in [0.1, 0.15) is 11.8 Å². The molecule has 0 unspecified atom stereocenters. The number of ether oxygens (including phenoxy) is 1. The number of carbonyl (C=O) groups excluding carboxylic acids is 3. The molecule has 2 saturated heterocycles. The minimum absolute atomic E-state index is 0.000553. The van der Waals surface area contributed by atoms with E-state index in [4.69, 9.17) is 4.74 Å². The topological polar surface area (TPSA) is 88.7 Å². The molecule has 2 atom stereocenters. The Morgan fingerprint density at radius 1 is 0.476 bits per heavy atom. The van der Waals surface area contributed by atoms with Crippen molar-refractivity contribution in [2.75, 3.05) is 59.5 Å². The maximum Gasteiger partial charge on any atom is 0.247 e. The smallest absolute Gasteiger partial charge is 0.247 e. The summed E-state index contributed by atoms with van der Waals surface area (Å²) in [5.74, 6) is 0.792. The maximum absolute atomic E-state index is 14.5. The van der Waals surface area contributed by atoms with Gasteiger partial charge in [0.15, 0.2) is 0 Å². The molecule has 0 radical (unpaired) electrons. The number of aryl methyl sites for hydroxylation is 2. The van der Waals surface area contributed by atoms with Crippen molar-refractivity contribution >= 4 is 23.8 Å². The SMILES string of the molecule is CCCCCc1ccc(CN(C(=O)/C=C/c2ccc(OC)cc2)[C@@H](Cc2ccccc2)C(=O)N2CCN(Cc3ccccc3)CC2)cc1.CCCCCc1ccc(CN[C@@H](Cc2ccccc2)C(=O)N2CCN(Cc3ccccc3)CC2)cc1. The van der Waals surface area contributed by atoms with Gasteiger partial charge in [0, 0.05) is 91.0 Å². The number of benzene rings is 7. The maximum atomic E-state index is 14.5. The summed E-state index contributed by atoms with van der Waals surface area (Å²) in [7, 11) is 1.64. The third-order valence-electron chi connectivity index (χ3n) is 16.3.